The summed E-state index contributed by atoms with van der Waals surface area (Å²) in [5, 5.41) is 0. The van der Waals surface area contributed by atoms with E-state index in [1.54, 1.807) is 26.3 Å². The fraction of sp³-hybridized carbons (Fsp3) is 0.824. The zero-order chi connectivity index (χ0) is 15.3. The summed E-state index contributed by atoms with van der Waals surface area (Å²) in [6.45, 7) is 11.9. The summed E-state index contributed by atoms with van der Waals surface area (Å²) in [5.74, 6) is 2.91. The van der Waals surface area contributed by atoms with Gasteiger partial charge in [0.1, 0.15) is 5.60 Å². The van der Waals surface area contributed by atoms with E-state index >= 15 is 0 Å². The van der Waals surface area contributed by atoms with E-state index < -0.39 is 11.7 Å². The van der Waals surface area contributed by atoms with Crippen LogP contribution in [-0.4, -0.2) is 11.7 Å². The highest BCUT2D eigenvalue weighted by molar-refractivity contribution is 5.65. The maximum atomic E-state index is 10.0. The Hall–Kier alpha value is -0.990. The lowest BCUT2D eigenvalue weighted by Gasteiger charge is -2.25. The number of carbonyl (C=O) groups excluding carboxylic acids is 1. The number of hydrogen-bond donors (Lipinski definition) is 1. The molecular weight excluding hydrogens is 250 g/mol. The lowest BCUT2D eigenvalue weighted by Crippen LogP contribution is -2.27. The topological polar surface area (TPSA) is 52.3 Å². The van der Waals surface area contributed by atoms with Crippen LogP contribution >= 0.6 is 0 Å². The van der Waals surface area contributed by atoms with Gasteiger partial charge < -0.3 is 10.5 Å². The fourth-order valence-corrected chi connectivity index (χ4v) is 3.37. The molecule has 20 heavy (non-hydrogen) atoms. The monoisotopic (exact) mass is 285 g/mol. The van der Waals surface area contributed by atoms with Gasteiger partial charge in [-0.15, -0.1) is 0 Å². The number of carbonyl (C=O) groups is 1. The quantitative estimate of drug-likeness (QED) is 0.677. The number of fused-ring (bicyclic) bond motifs is 4. The molecule has 0 spiro atoms. The molecule has 3 fully saturated rings. The number of hydrogen-bond acceptors (Lipinski definition) is 2. The molecule has 3 nitrogen and oxygen atoms in total. The van der Waals surface area contributed by atoms with Crippen molar-refractivity contribution < 1.29 is 12.4 Å². The van der Waals surface area contributed by atoms with Gasteiger partial charge in [0.15, 0.2) is 0 Å². The molecule has 3 aliphatic rings. The van der Waals surface area contributed by atoms with E-state index in [2.05, 4.69) is 18.2 Å². The van der Waals surface area contributed by atoms with Gasteiger partial charge in [0.2, 0.25) is 0 Å². The molecule has 0 unspecified atom stereocenters. The van der Waals surface area contributed by atoms with Crippen molar-refractivity contribution in [2.24, 2.45) is 23.5 Å². The summed E-state index contributed by atoms with van der Waals surface area (Å²) < 4.78 is 4.58. The number of amides is 1. The third kappa shape index (κ3) is 5.98. The first-order chi connectivity index (χ1) is 9.21. The van der Waals surface area contributed by atoms with Crippen molar-refractivity contribution in [3.63, 3.8) is 0 Å². The molecule has 0 aromatic heterocycles. The SMILES string of the molecule is C=C1C[C@H]2CC[C@@H]1C[C@@H](CC)C2.CC(C)(C)OC(N)=O.[HH].[HH]. The van der Waals surface area contributed by atoms with Crippen LogP contribution in [-0.2, 0) is 4.74 Å². The van der Waals surface area contributed by atoms with Gasteiger partial charge in [0.05, 0.1) is 0 Å². The molecule has 0 aliphatic heterocycles. The number of allylic oxidation sites excluding steroid dienone is 1. The average molecular weight is 285 g/mol. The third-order valence-corrected chi connectivity index (χ3v) is 4.32. The number of ether oxygens (including phenoxy) is 1. The zero-order valence-electron chi connectivity index (χ0n) is 13.6. The molecule has 3 heteroatoms. The van der Waals surface area contributed by atoms with Gasteiger partial charge in [0.25, 0.3) is 0 Å². The first-order valence-electron chi connectivity index (χ1n) is 7.87. The molecule has 2 N–H and O–H groups in total. The van der Waals surface area contributed by atoms with Crippen LogP contribution in [0.4, 0.5) is 4.79 Å². The van der Waals surface area contributed by atoms with Crippen LogP contribution in [0.1, 0.15) is 69.1 Å². The molecule has 0 aromatic rings. The summed E-state index contributed by atoms with van der Waals surface area (Å²) >= 11 is 0. The second-order valence-electron chi connectivity index (χ2n) is 7.28. The highest BCUT2D eigenvalue weighted by Gasteiger charge is 2.31. The largest absolute Gasteiger partial charge is 0.444 e. The Balaban J connectivity index is 0. The van der Waals surface area contributed by atoms with E-state index in [1.165, 1.54) is 38.5 Å². The van der Waals surface area contributed by atoms with Gasteiger partial charge in [-0.3, -0.25) is 0 Å². The molecule has 3 aliphatic carbocycles. The zero-order valence-corrected chi connectivity index (χ0v) is 13.6. The smallest absolute Gasteiger partial charge is 0.405 e. The minimum Gasteiger partial charge on any atom is -0.444 e. The van der Waals surface area contributed by atoms with Crippen molar-refractivity contribution >= 4 is 6.09 Å². The van der Waals surface area contributed by atoms with E-state index in [9.17, 15) is 4.79 Å². The minimum atomic E-state index is -0.725. The molecule has 0 radical (unpaired) electrons. The standard InChI is InChI=1S/C12H20.C5H11NO2.2H2/c1-3-10-7-11-4-5-12(8-10)9(2)6-11;1-5(2,3)8-4(6)7;;/h10-12H,2-8H2,1H3;1-3H3,(H2,6,7);2*1H/t10-,11+,12+;;;/m0.../s1. The maximum Gasteiger partial charge on any atom is 0.405 e. The summed E-state index contributed by atoms with van der Waals surface area (Å²) in [6, 6.07) is 0. The van der Waals surface area contributed by atoms with Crippen molar-refractivity contribution in [3.05, 3.63) is 12.2 Å². The van der Waals surface area contributed by atoms with E-state index in [4.69, 9.17) is 5.73 Å². The molecule has 0 heterocycles. The Morgan fingerprint density at radius 2 is 2.05 bits per heavy atom. The first kappa shape index (κ1) is 17.1. The molecule has 0 aromatic carbocycles. The van der Waals surface area contributed by atoms with Crippen molar-refractivity contribution in [3.8, 4) is 0 Å². The van der Waals surface area contributed by atoms with Gasteiger partial charge in [-0.1, -0.05) is 25.5 Å². The minimum absolute atomic E-state index is 0. The highest BCUT2D eigenvalue weighted by atomic mass is 16.6. The van der Waals surface area contributed by atoms with E-state index in [0.29, 0.717) is 0 Å². The molecule has 3 atom stereocenters. The number of nitrogens with two attached hydrogens (primary N) is 1. The summed E-state index contributed by atoms with van der Waals surface area (Å²) in [4.78, 5) is 10.0. The predicted molar refractivity (Wildman–Crippen MR) is 87.6 cm³/mol. The highest BCUT2D eigenvalue weighted by Crippen LogP contribution is 2.44. The van der Waals surface area contributed by atoms with E-state index in [-0.39, 0.29) is 2.85 Å². The summed E-state index contributed by atoms with van der Waals surface area (Å²) in [7, 11) is 0. The molecule has 2 bridgehead atoms. The van der Waals surface area contributed by atoms with Crippen molar-refractivity contribution in [1.29, 1.82) is 0 Å². The second-order valence-corrected chi connectivity index (χ2v) is 7.28. The van der Waals surface area contributed by atoms with Gasteiger partial charge in [-0.05, 0) is 70.6 Å². The Kier molecular flexibility index (Phi) is 6.09. The normalized spacial score (nSPS) is 29.2. The average Bonchev–Trinajstić information content (AvgIpc) is 2.56. The van der Waals surface area contributed by atoms with Gasteiger partial charge in [-0.2, -0.15) is 0 Å². The molecule has 3 saturated carbocycles. The second kappa shape index (κ2) is 7.14. The van der Waals surface area contributed by atoms with Crippen molar-refractivity contribution in [2.45, 2.75) is 71.8 Å². The molecule has 1 amide bonds. The first-order valence-corrected chi connectivity index (χ1v) is 7.87. The van der Waals surface area contributed by atoms with Crippen LogP contribution < -0.4 is 5.73 Å². The van der Waals surface area contributed by atoms with Crippen LogP contribution in [0.3, 0.4) is 0 Å². The number of rotatable bonds is 1. The third-order valence-electron chi connectivity index (χ3n) is 4.32. The molecule has 0 saturated heterocycles. The molecule has 120 valence electrons. The van der Waals surface area contributed by atoms with Crippen LogP contribution in [0.15, 0.2) is 12.2 Å². The molecule has 3 rings (SSSR count). The van der Waals surface area contributed by atoms with Gasteiger partial charge >= 0.3 is 6.09 Å². The Morgan fingerprint density at radius 1 is 1.40 bits per heavy atom. The lowest BCUT2D eigenvalue weighted by molar-refractivity contribution is 0.0600. The Morgan fingerprint density at radius 3 is 2.45 bits per heavy atom. The Labute approximate surface area is 126 Å². The maximum absolute atomic E-state index is 10.0. The van der Waals surface area contributed by atoms with Crippen LogP contribution in [0, 0.1) is 17.8 Å². The fourth-order valence-electron chi connectivity index (χ4n) is 3.37. The van der Waals surface area contributed by atoms with Crippen LogP contribution in [0.25, 0.3) is 0 Å². The lowest BCUT2D eigenvalue weighted by atomic mass is 9.81. The Bertz CT molecular complexity index is 353. The van der Waals surface area contributed by atoms with E-state index in [0.717, 1.165) is 17.8 Å². The molecular formula is C17H35NO2. The summed E-state index contributed by atoms with van der Waals surface area (Å²) in [6.07, 6.45) is 7.89. The predicted octanol–water partition coefficient (Wildman–Crippen LogP) is 5.15. The van der Waals surface area contributed by atoms with Crippen molar-refractivity contribution in [1.82, 2.24) is 0 Å². The number of primary amides is 1. The van der Waals surface area contributed by atoms with Crippen LogP contribution in [0.2, 0.25) is 0 Å². The summed E-state index contributed by atoms with van der Waals surface area (Å²) in [5.41, 5.74) is 5.84. The van der Waals surface area contributed by atoms with Gasteiger partial charge in [0, 0.05) is 2.85 Å². The van der Waals surface area contributed by atoms with E-state index in [1.807, 2.05) is 0 Å². The van der Waals surface area contributed by atoms with Crippen LogP contribution in [0.5, 0.6) is 0 Å². The van der Waals surface area contributed by atoms with Crippen molar-refractivity contribution in [2.75, 3.05) is 0 Å². The van der Waals surface area contributed by atoms with Gasteiger partial charge in [-0.25, -0.2) is 4.79 Å².